The molecule has 30 aromatic rings. The largest absolute Gasteiger partial charge is 0.248 e. The van der Waals surface area contributed by atoms with Gasteiger partial charge in [-0.3, -0.25) is 0 Å². The highest BCUT2D eigenvalue weighted by atomic mass is 14.7. The Kier molecular flexibility index (Phi) is 20.3. The molecule has 0 amide bonds. The number of pyridine rings is 4. The molecule has 30 rings (SSSR count). The monoisotopic (exact) mass is 1870 g/mol. The maximum absolute atomic E-state index is 5.67. The first-order valence-corrected chi connectivity index (χ1v) is 50.9. The molecule has 0 saturated carbocycles. The van der Waals surface area contributed by atoms with Gasteiger partial charge >= 0.3 is 0 Å². The van der Waals surface area contributed by atoms with Gasteiger partial charge in [0.1, 0.15) is 0 Å². The fourth-order valence-corrected chi connectivity index (χ4v) is 23.7. The van der Waals surface area contributed by atoms with Crippen LogP contribution in [-0.2, 0) is 0 Å². The molecule has 4 aromatic heterocycles. The molecule has 684 valence electrons. The molecule has 0 aliphatic heterocycles. The minimum atomic E-state index is 0.917. The molecule has 4 heterocycles. The second-order valence-electron chi connectivity index (χ2n) is 39.1. The van der Waals surface area contributed by atoms with Crippen molar-refractivity contribution in [1.29, 1.82) is 0 Å². The Morgan fingerprint density at radius 3 is 0.486 bits per heavy atom. The lowest BCUT2D eigenvalue weighted by molar-refractivity contribution is 1.32. The van der Waals surface area contributed by atoms with Crippen LogP contribution >= 0.6 is 0 Å². The van der Waals surface area contributed by atoms with Gasteiger partial charge in [0.05, 0.1) is 45.2 Å². The Labute approximate surface area is 854 Å². The van der Waals surface area contributed by atoms with E-state index in [1.165, 1.54) is 162 Å². The predicted octanol–water partition coefficient (Wildman–Crippen LogP) is 39.4. The summed E-state index contributed by atoms with van der Waals surface area (Å²) in [5, 5.41) is 37.1. The number of rotatable bonds is 12. The van der Waals surface area contributed by atoms with Gasteiger partial charge in [-0.05, 0) is 280 Å². The van der Waals surface area contributed by atoms with Crippen molar-refractivity contribution in [1.82, 2.24) is 19.9 Å². The minimum absolute atomic E-state index is 0.917. The molecule has 0 bridgehead atoms. The summed E-state index contributed by atoms with van der Waals surface area (Å²) in [6.07, 6.45) is 0. The summed E-state index contributed by atoms with van der Waals surface area (Å²) in [6, 6.07) is 195. The van der Waals surface area contributed by atoms with Crippen LogP contribution in [0.4, 0.5) is 0 Å². The van der Waals surface area contributed by atoms with Gasteiger partial charge in [0.25, 0.3) is 0 Å². The normalized spacial score (nSPS) is 11.8. The van der Waals surface area contributed by atoms with Gasteiger partial charge in [-0.2, -0.15) is 0 Å². The first-order chi connectivity index (χ1) is 73.4. The fourth-order valence-electron chi connectivity index (χ4n) is 23.7. The molecular weight excluding hydrogens is 1790 g/mol. The Morgan fingerprint density at radius 2 is 0.243 bits per heavy atom. The van der Waals surface area contributed by atoms with Crippen molar-refractivity contribution in [3.05, 3.63) is 534 Å². The van der Waals surface area contributed by atoms with Gasteiger partial charge < -0.3 is 0 Å². The van der Waals surface area contributed by atoms with Crippen LogP contribution in [-0.4, -0.2) is 19.9 Å². The molecule has 4 heteroatoms. The zero-order valence-corrected chi connectivity index (χ0v) is 80.6. The van der Waals surface area contributed by atoms with Gasteiger partial charge in [0.2, 0.25) is 0 Å². The van der Waals surface area contributed by atoms with Crippen molar-refractivity contribution in [2.45, 2.75) is 0 Å². The molecule has 148 heavy (non-hydrogen) atoms. The molecule has 0 unspecified atom stereocenters. The molecule has 0 spiro atoms. The van der Waals surface area contributed by atoms with E-state index >= 15 is 0 Å². The highest BCUT2D eigenvalue weighted by Crippen LogP contribution is 2.50. The highest BCUT2D eigenvalue weighted by Gasteiger charge is 2.25. The van der Waals surface area contributed by atoms with E-state index in [0.717, 1.165) is 145 Å². The third-order valence-electron chi connectivity index (χ3n) is 30.8. The van der Waals surface area contributed by atoms with Crippen LogP contribution in [0.25, 0.3) is 307 Å². The highest BCUT2D eigenvalue weighted by molar-refractivity contribution is 6.31. The summed E-state index contributed by atoms with van der Waals surface area (Å²) in [4.78, 5) is 21.8. The number of aromatic nitrogens is 4. The van der Waals surface area contributed by atoms with Crippen LogP contribution in [0.3, 0.4) is 0 Å². The number of nitrogens with zero attached hydrogens (tertiary/aromatic N) is 4. The maximum Gasteiger partial charge on any atom is 0.0794 e. The predicted molar refractivity (Wildman–Crippen MR) is 629 cm³/mol. The average Bonchev–Trinajstić information content (AvgIpc) is 0.728. The second-order valence-corrected chi connectivity index (χ2v) is 39.1. The van der Waals surface area contributed by atoms with E-state index < -0.39 is 0 Å². The first-order valence-electron chi connectivity index (χ1n) is 50.9. The zero-order valence-electron chi connectivity index (χ0n) is 80.6. The van der Waals surface area contributed by atoms with Crippen molar-refractivity contribution in [2.24, 2.45) is 0 Å². The van der Waals surface area contributed by atoms with Gasteiger partial charge in [-0.25, -0.2) is 19.9 Å². The van der Waals surface area contributed by atoms with Crippen LogP contribution < -0.4 is 0 Å². The molecule has 0 N–H and O–H groups in total. The molecular formula is C144H88N4. The van der Waals surface area contributed by atoms with Gasteiger partial charge in [-0.15, -0.1) is 0 Å². The number of fused-ring (bicyclic) bond motifs is 30. The Hall–Kier alpha value is -19.5. The van der Waals surface area contributed by atoms with E-state index in [1.807, 2.05) is 0 Å². The number of benzene rings is 26. The molecule has 0 atom stereocenters. The van der Waals surface area contributed by atoms with Crippen molar-refractivity contribution < 1.29 is 0 Å². The summed E-state index contributed by atoms with van der Waals surface area (Å²) in [6.45, 7) is 0. The molecule has 4 nitrogen and oxygen atoms in total. The Balaban J connectivity index is 0.000000140. The molecule has 0 saturated heterocycles. The number of hydrogen-bond donors (Lipinski definition) is 0. The minimum Gasteiger partial charge on any atom is -0.248 e. The molecule has 0 fully saturated rings. The summed E-state index contributed by atoms with van der Waals surface area (Å²) in [7, 11) is 0. The van der Waals surface area contributed by atoms with Crippen molar-refractivity contribution in [3.8, 4) is 134 Å². The van der Waals surface area contributed by atoms with Crippen LogP contribution in [0.2, 0.25) is 0 Å². The third-order valence-corrected chi connectivity index (χ3v) is 30.8. The van der Waals surface area contributed by atoms with Crippen LogP contribution in [0, 0.1) is 0 Å². The number of hydrogen-bond acceptors (Lipinski definition) is 4. The van der Waals surface area contributed by atoms with E-state index in [9.17, 15) is 0 Å². The smallest absolute Gasteiger partial charge is 0.0794 e. The van der Waals surface area contributed by atoms with Crippen LogP contribution in [0.15, 0.2) is 534 Å². The van der Waals surface area contributed by atoms with Gasteiger partial charge in [-0.1, -0.05) is 461 Å². The van der Waals surface area contributed by atoms with E-state index in [4.69, 9.17) is 19.9 Å². The molecule has 0 radical (unpaired) electrons. The lowest BCUT2D eigenvalue weighted by Crippen LogP contribution is -1.94. The van der Waals surface area contributed by atoms with Crippen molar-refractivity contribution in [2.75, 3.05) is 0 Å². The third kappa shape index (κ3) is 14.5. The SMILES string of the molecule is c1ccc(-c2cc(-c3ccc(-c4cc(-c5ccc6c7ccccc7c7ccccc7c6c5)c5cc(-c6ccc7c8ccccc8c8ccccc8c7c6)c6ccccc6c5n4)cc3)cc(-c3ccccc3)n2)cc1.c1ccc(-c2cc(-c3ccccc3)nc(-c3ccc(-c4cc(-c5ccc6c7ccccc7c7ccccc7c6c5)c5cc(-c6ccc7c8ccccc8c8ccccc8c7c6)c6ccccc6c5n4)cc3)c2)cc1. The van der Waals surface area contributed by atoms with Gasteiger partial charge in [0, 0.05) is 54.9 Å². The van der Waals surface area contributed by atoms with E-state index in [-0.39, 0.29) is 0 Å². The molecule has 26 aromatic carbocycles. The first kappa shape index (κ1) is 85.3. The van der Waals surface area contributed by atoms with Gasteiger partial charge in [0.15, 0.2) is 0 Å². The quantitative estimate of drug-likeness (QED) is 0.114. The van der Waals surface area contributed by atoms with E-state index in [2.05, 4.69) is 534 Å². The summed E-state index contributed by atoms with van der Waals surface area (Å²) < 4.78 is 0. The fraction of sp³-hybridized carbons (Fsp3) is 0. The maximum atomic E-state index is 5.67. The Morgan fingerprint density at radius 1 is 0.0811 bits per heavy atom. The topological polar surface area (TPSA) is 51.6 Å². The van der Waals surface area contributed by atoms with E-state index in [1.54, 1.807) is 0 Å². The summed E-state index contributed by atoms with van der Waals surface area (Å²) >= 11 is 0. The van der Waals surface area contributed by atoms with Crippen LogP contribution in [0.5, 0.6) is 0 Å². The van der Waals surface area contributed by atoms with E-state index in [0.29, 0.717) is 0 Å². The summed E-state index contributed by atoms with van der Waals surface area (Å²) in [5.41, 5.74) is 27.8. The lowest BCUT2D eigenvalue weighted by Gasteiger charge is -2.18. The standard InChI is InChI=1S/2C72H44N2/c1-3-17-46(18-4-1)69-41-51(42-70(73-69)47-19-5-2-6-20-47)45-31-33-48(34-32-45)71-44-65(50-36-38-62-57-26-10-8-22-53(57)55-24-12-14-28-59(55)67(62)40-50)68-43-64(60-29-15-16-30-63(60)72(68)74-71)49-35-37-61-56-25-9-7-21-52(56)54-23-11-13-27-58(54)66(61)39-49;1-3-17-45(18-4-1)51-41-69(46-19-5-2-6-20-46)73-70(42-51)47-31-33-48(34-32-47)71-44-65(50-36-38-62-57-26-10-8-22-53(57)55-24-12-14-28-59(55)67(62)40-50)68-43-64(60-29-15-16-30-63(60)72(68)74-71)49-35-37-61-56-25-9-7-21-52(56)54-23-11-13-27-58(54)66(61)39-49/h2*1-44H. The lowest BCUT2D eigenvalue weighted by atomic mass is 9.87. The average molecular weight is 1870 g/mol. The molecule has 0 aliphatic rings. The van der Waals surface area contributed by atoms with Crippen molar-refractivity contribution in [3.63, 3.8) is 0 Å². The Bertz CT molecular complexity index is 9850. The van der Waals surface area contributed by atoms with Crippen molar-refractivity contribution >= 4 is 173 Å². The second kappa shape index (κ2) is 35.3. The summed E-state index contributed by atoms with van der Waals surface area (Å²) in [5.74, 6) is 0. The zero-order chi connectivity index (χ0) is 97.4. The van der Waals surface area contributed by atoms with Crippen LogP contribution in [0.1, 0.15) is 0 Å². The molecule has 0 aliphatic carbocycles.